The van der Waals surface area contributed by atoms with Crippen LogP contribution in [0.2, 0.25) is 0 Å². The summed E-state index contributed by atoms with van der Waals surface area (Å²) in [4.78, 5) is 83.7. The molecule has 80 heavy (non-hydrogen) atoms. The van der Waals surface area contributed by atoms with E-state index in [4.69, 9.17) is 23.9 Å². The first-order valence-electron chi connectivity index (χ1n) is 29.9. The second-order valence-corrected chi connectivity index (χ2v) is 23.5. The number of likely N-dealkylation sites (tertiary alicyclic amines) is 3. The Hall–Kier alpha value is -6.17. The number of aromatic nitrogens is 2. The number of carbonyl (C=O) groups excluding carboxylic acids is 5. The molecule has 4 aromatic rings. The topological polar surface area (TPSA) is 185 Å². The normalized spacial score (nSPS) is 25.2. The number of hydrogen-bond donors (Lipinski definition) is 2. The summed E-state index contributed by atoms with van der Waals surface area (Å²) in [7, 11) is 3.40. The smallest absolute Gasteiger partial charge is 0.410 e. The summed E-state index contributed by atoms with van der Waals surface area (Å²) in [6, 6.07) is 20.5. The molecular weight excluding hydrogens is 1010 g/mol. The van der Waals surface area contributed by atoms with E-state index in [0.717, 1.165) is 143 Å². The summed E-state index contributed by atoms with van der Waals surface area (Å²) in [6.45, 7) is 8.34. The van der Waals surface area contributed by atoms with E-state index in [1.54, 1.807) is 31.5 Å². The molecule has 2 N–H and O–H groups in total. The molecule has 0 bridgehead atoms. The molecule has 2 saturated carbocycles. The lowest BCUT2D eigenvalue weighted by atomic mass is 9.84. The Bertz CT molecular complexity index is 2750. The van der Waals surface area contributed by atoms with Crippen LogP contribution < -0.4 is 15.4 Å². The monoisotopic (exact) mass is 1100 g/mol. The quantitative estimate of drug-likeness (QED) is 0.0761. The molecule has 6 heterocycles. The number of benzene rings is 2. The van der Waals surface area contributed by atoms with Crippen molar-refractivity contribution in [3.63, 3.8) is 0 Å². The molecule has 430 valence electrons. The van der Waals surface area contributed by atoms with Gasteiger partial charge in [0.25, 0.3) is 0 Å². The van der Waals surface area contributed by atoms with Gasteiger partial charge in [0.2, 0.25) is 23.6 Å². The van der Waals surface area contributed by atoms with Crippen LogP contribution in [-0.4, -0.2) is 157 Å². The Kier molecular flexibility index (Phi) is 19.3. The van der Waals surface area contributed by atoms with Gasteiger partial charge in [-0.2, -0.15) is 0 Å². The highest BCUT2D eigenvalue weighted by Crippen LogP contribution is 2.40. The van der Waals surface area contributed by atoms with Crippen molar-refractivity contribution in [2.75, 3.05) is 73.2 Å². The summed E-state index contributed by atoms with van der Waals surface area (Å²) in [5, 5.41) is 7.16. The molecule has 4 saturated heterocycles. The van der Waals surface area contributed by atoms with Crippen LogP contribution in [0.25, 0.3) is 10.9 Å². The molecule has 3 atom stereocenters. The maximum Gasteiger partial charge on any atom is 0.410 e. The molecule has 0 radical (unpaired) electrons. The minimum absolute atomic E-state index is 0.0327. The van der Waals surface area contributed by atoms with E-state index >= 15 is 0 Å². The van der Waals surface area contributed by atoms with Gasteiger partial charge < -0.3 is 49.2 Å². The summed E-state index contributed by atoms with van der Waals surface area (Å²) < 4.78 is 24.2. The standard InChI is InChI=1S/C63H84N8O9/c1-42-8-4-9-43(36-42)10-6-29-69-30-25-48(26-31-69)71-41-57(80-63(71)76)53-38-56(67-55-22-21-51(77-3)37-52(53)55)44-23-32-70(33-24-44)62(75)45-13-15-47(16-14-45)66-58(72)12-7-34-78-49-17-19-50(20-18-49)79-35-28-65-61(74)54-39-59(73)68(2)60(54)46-11-5-27-64-40-46/h4-5,8-9,11,21-22,27,36-38,40,44-45,47-50,54,57,60H,6-7,10,12-20,23-26,28-35,39,41H2,1-3H3,(H,65,74)(H,66,72)/t45?,47?,49?,50?,54-,57+,60+/m0/s1. The summed E-state index contributed by atoms with van der Waals surface area (Å²) in [5.74, 6) is 0.477. The number of fused-ring (bicyclic) bond motifs is 1. The molecule has 17 nitrogen and oxygen atoms in total. The Morgan fingerprint density at radius 2 is 1.57 bits per heavy atom. The van der Waals surface area contributed by atoms with Crippen LogP contribution in [0.3, 0.4) is 0 Å². The van der Waals surface area contributed by atoms with Gasteiger partial charge in [-0.3, -0.25) is 29.1 Å². The van der Waals surface area contributed by atoms with Crippen LogP contribution >= 0.6 is 0 Å². The third-order valence-corrected chi connectivity index (χ3v) is 18.2. The molecule has 10 rings (SSSR count). The number of methoxy groups -OCH3 is 1. The van der Waals surface area contributed by atoms with Gasteiger partial charge in [0.15, 0.2) is 0 Å². The van der Waals surface area contributed by atoms with E-state index in [-0.39, 0.29) is 78.3 Å². The van der Waals surface area contributed by atoms with Crippen LogP contribution in [0.1, 0.15) is 149 Å². The highest BCUT2D eigenvalue weighted by atomic mass is 16.6. The molecule has 6 fully saturated rings. The van der Waals surface area contributed by atoms with Crippen LogP contribution in [0.4, 0.5) is 4.79 Å². The predicted octanol–water partition coefficient (Wildman–Crippen LogP) is 8.38. The fourth-order valence-electron chi connectivity index (χ4n) is 13.6. The van der Waals surface area contributed by atoms with Crippen molar-refractivity contribution in [2.24, 2.45) is 11.8 Å². The maximum absolute atomic E-state index is 13.9. The largest absolute Gasteiger partial charge is 0.497 e. The van der Waals surface area contributed by atoms with Gasteiger partial charge in [-0.15, -0.1) is 0 Å². The number of carbonyl (C=O) groups is 5. The highest BCUT2D eigenvalue weighted by Gasteiger charge is 2.43. The number of hydrogen-bond acceptors (Lipinski definition) is 12. The van der Waals surface area contributed by atoms with E-state index in [2.05, 4.69) is 57.8 Å². The maximum atomic E-state index is 13.9. The van der Waals surface area contributed by atoms with Gasteiger partial charge in [-0.1, -0.05) is 35.9 Å². The van der Waals surface area contributed by atoms with Crippen molar-refractivity contribution < 1.29 is 42.9 Å². The molecule has 6 aliphatic rings. The van der Waals surface area contributed by atoms with Gasteiger partial charge in [0.05, 0.1) is 49.9 Å². The third-order valence-electron chi connectivity index (χ3n) is 18.2. The Labute approximate surface area is 472 Å². The number of rotatable bonds is 21. The summed E-state index contributed by atoms with van der Waals surface area (Å²) >= 11 is 0. The number of ether oxygens (including phenoxy) is 4. The molecule has 0 unspecified atom stereocenters. The molecule has 0 spiro atoms. The number of aryl methyl sites for hydroxylation is 2. The zero-order valence-corrected chi connectivity index (χ0v) is 47.4. The third kappa shape index (κ3) is 14.3. The number of amides is 5. The minimum atomic E-state index is -0.466. The Morgan fingerprint density at radius 1 is 0.812 bits per heavy atom. The van der Waals surface area contributed by atoms with E-state index in [9.17, 15) is 24.0 Å². The lowest BCUT2D eigenvalue weighted by Gasteiger charge is -2.36. The Morgan fingerprint density at radius 3 is 2.30 bits per heavy atom. The van der Waals surface area contributed by atoms with Gasteiger partial charge in [-0.25, -0.2) is 4.79 Å². The molecular formula is C63H84N8O9. The number of pyridine rings is 2. The van der Waals surface area contributed by atoms with Crippen molar-refractivity contribution in [1.29, 1.82) is 0 Å². The van der Waals surface area contributed by atoms with Crippen LogP contribution in [0.15, 0.2) is 73.1 Å². The molecule has 17 heteroatoms. The van der Waals surface area contributed by atoms with Crippen molar-refractivity contribution >= 4 is 40.6 Å². The molecule has 2 aliphatic carbocycles. The van der Waals surface area contributed by atoms with Crippen LogP contribution in [0, 0.1) is 18.8 Å². The van der Waals surface area contributed by atoms with Crippen molar-refractivity contribution in [3.8, 4) is 5.75 Å². The highest BCUT2D eigenvalue weighted by molar-refractivity contribution is 5.90. The average Bonchev–Trinajstić information content (AvgIpc) is 4.23. The van der Waals surface area contributed by atoms with E-state index in [1.807, 2.05) is 40.1 Å². The fraction of sp³-hybridized carbons (Fsp3) is 0.603. The van der Waals surface area contributed by atoms with E-state index < -0.39 is 12.0 Å². The van der Waals surface area contributed by atoms with E-state index in [0.29, 0.717) is 52.2 Å². The summed E-state index contributed by atoms with van der Waals surface area (Å²) in [5.41, 5.74) is 6.36. The van der Waals surface area contributed by atoms with Crippen LogP contribution in [-0.2, 0) is 39.8 Å². The van der Waals surface area contributed by atoms with Crippen molar-refractivity contribution in [1.82, 2.24) is 40.2 Å². The van der Waals surface area contributed by atoms with Crippen LogP contribution in [0.5, 0.6) is 5.75 Å². The Balaban J connectivity index is 0.603. The predicted molar refractivity (Wildman–Crippen MR) is 304 cm³/mol. The fourth-order valence-corrected chi connectivity index (χ4v) is 13.6. The second-order valence-electron chi connectivity index (χ2n) is 23.5. The zero-order chi connectivity index (χ0) is 55.5. The molecule has 2 aromatic heterocycles. The number of nitrogens with zero attached hydrogens (tertiary/aromatic N) is 6. The molecule has 2 aromatic carbocycles. The van der Waals surface area contributed by atoms with Gasteiger partial charge in [0, 0.05) is 112 Å². The van der Waals surface area contributed by atoms with E-state index in [1.165, 1.54) is 11.1 Å². The molecule has 4 aliphatic heterocycles. The van der Waals surface area contributed by atoms with Gasteiger partial charge in [0.1, 0.15) is 11.9 Å². The number of piperidine rings is 2. The SMILES string of the molecule is COc1ccc2nc(C3CCN(C(=O)C4CCC(NC(=O)CCCOC5CCC(OCCNC(=O)[C@H]6CC(=O)N(C)[C@@H]6c6cccnc6)CC5)CC4)CC3)cc([C@H]3CN(C4CCN(CCCc5cccc(C)c5)CC4)C(=O)O3)c2c1. The van der Waals surface area contributed by atoms with Crippen molar-refractivity contribution in [2.45, 2.75) is 158 Å². The van der Waals surface area contributed by atoms with Gasteiger partial charge in [-0.05, 0) is 151 Å². The first kappa shape index (κ1) is 57.1. The molecule has 5 amide bonds. The zero-order valence-electron chi connectivity index (χ0n) is 47.4. The number of cyclic esters (lactones) is 1. The lowest BCUT2D eigenvalue weighted by Crippen LogP contribution is -2.45. The summed E-state index contributed by atoms with van der Waals surface area (Å²) in [6.07, 6.45) is 16.6. The minimum Gasteiger partial charge on any atom is -0.497 e. The first-order valence-corrected chi connectivity index (χ1v) is 29.9. The van der Waals surface area contributed by atoms with Gasteiger partial charge >= 0.3 is 6.09 Å². The van der Waals surface area contributed by atoms with Crippen molar-refractivity contribution in [3.05, 3.63) is 101 Å². The number of nitrogens with one attached hydrogen (secondary N) is 2. The average molecular weight is 1100 g/mol. The lowest BCUT2D eigenvalue weighted by molar-refractivity contribution is -0.138. The second kappa shape index (κ2) is 27.1. The first-order chi connectivity index (χ1) is 39.0.